The quantitative estimate of drug-likeness (QED) is 0.904. The van der Waals surface area contributed by atoms with Crippen LogP contribution in [0.4, 0.5) is 5.69 Å². The molecule has 16 heavy (non-hydrogen) atoms. The normalized spacial score (nSPS) is 21.4. The Bertz CT molecular complexity index is 388. The van der Waals surface area contributed by atoms with Crippen LogP contribution >= 0.6 is 15.9 Å². The molecule has 1 aromatic carbocycles. The van der Waals surface area contributed by atoms with Gasteiger partial charge in [0.15, 0.2) is 0 Å². The highest BCUT2D eigenvalue weighted by molar-refractivity contribution is 9.10. The van der Waals surface area contributed by atoms with Gasteiger partial charge in [-0.3, -0.25) is 0 Å². The van der Waals surface area contributed by atoms with Crippen molar-refractivity contribution in [2.45, 2.75) is 45.3 Å². The predicted octanol–water partition coefficient (Wildman–Crippen LogP) is 2.94. The van der Waals surface area contributed by atoms with E-state index in [1.165, 1.54) is 15.7 Å². The summed E-state index contributed by atoms with van der Waals surface area (Å²) in [5, 5.41) is 0. The molecule has 3 heteroatoms. The van der Waals surface area contributed by atoms with Crippen LogP contribution in [0.5, 0.6) is 0 Å². The lowest BCUT2D eigenvalue weighted by molar-refractivity contribution is 0.500. The van der Waals surface area contributed by atoms with Crippen molar-refractivity contribution >= 4 is 21.6 Å². The zero-order chi connectivity index (χ0) is 11.9. The zero-order valence-corrected chi connectivity index (χ0v) is 11.7. The van der Waals surface area contributed by atoms with E-state index >= 15 is 0 Å². The molecule has 2 unspecified atom stereocenters. The molecule has 0 aromatic heterocycles. The minimum atomic E-state index is 0.196. The lowest BCUT2D eigenvalue weighted by Gasteiger charge is -2.33. The number of hydrogen-bond donors (Lipinski definition) is 1. The van der Waals surface area contributed by atoms with E-state index in [0.29, 0.717) is 12.1 Å². The monoisotopic (exact) mass is 282 g/mol. The van der Waals surface area contributed by atoms with Crippen LogP contribution in [-0.2, 0) is 6.42 Å². The zero-order valence-electron chi connectivity index (χ0n) is 10.1. The second kappa shape index (κ2) is 4.38. The van der Waals surface area contributed by atoms with E-state index in [0.717, 1.165) is 6.42 Å². The number of nitrogens with zero attached hydrogens (tertiary/aromatic N) is 1. The smallest absolute Gasteiger partial charge is 0.0482 e. The lowest BCUT2D eigenvalue weighted by Crippen LogP contribution is -2.47. The first-order valence-electron chi connectivity index (χ1n) is 5.83. The Kier molecular flexibility index (Phi) is 3.27. The van der Waals surface area contributed by atoms with E-state index in [4.69, 9.17) is 5.73 Å². The summed E-state index contributed by atoms with van der Waals surface area (Å²) in [5.74, 6) is 0. The Morgan fingerprint density at radius 2 is 2.06 bits per heavy atom. The Balaban J connectivity index is 2.45. The van der Waals surface area contributed by atoms with Gasteiger partial charge in [0.1, 0.15) is 0 Å². The molecular weight excluding hydrogens is 264 g/mol. The molecule has 1 aliphatic heterocycles. The number of rotatable bonds is 2. The van der Waals surface area contributed by atoms with Gasteiger partial charge in [0.2, 0.25) is 0 Å². The van der Waals surface area contributed by atoms with E-state index in [1.54, 1.807) is 0 Å². The largest absolute Gasteiger partial charge is 0.364 e. The van der Waals surface area contributed by atoms with Gasteiger partial charge in [-0.05, 0) is 44.9 Å². The molecule has 0 saturated carbocycles. The highest BCUT2D eigenvalue weighted by Crippen LogP contribution is 2.38. The van der Waals surface area contributed by atoms with E-state index < -0.39 is 0 Å². The van der Waals surface area contributed by atoms with E-state index in [9.17, 15) is 0 Å². The summed E-state index contributed by atoms with van der Waals surface area (Å²) in [6.07, 6.45) is 1.05. The molecule has 0 bridgehead atoms. The SMILES string of the molecule is CC(N)C1Cc2c(Br)cccc2N1C(C)C. The number of halogens is 1. The molecule has 0 aliphatic carbocycles. The summed E-state index contributed by atoms with van der Waals surface area (Å²) in [4.78, 5) is 2.45. The van der Waals surface area contributed by atoms with Crippen LogP contribution < -0.4 is 10.6 Å². The standard InChI is InChI=1S/C13H19BrN2/c1-8(2)16-12-6-4-5-11(14)10(12)7-13(16)9(3)15/h4-6,8-9,13H,7,15H2,1-3H3. The maximum Gasteiger partial charge on any atom is 0.0482 e. The maximum atomic E-state index is 6.10. The van der Waals surface area contributed by atoms with Crippen molar-refractivity contribution in [3.05, 3.63) is 28.2 Å². The Morgan fingerprint density at radius 3 is 2.62 bits per heavy atom. The molecule has 2 nitrogen and oxygen atoms in total. The summed E-state index contributed by atoms with van der Waals surface area (Å²) >= 11 is 3.63. The van der Waals surface area contributed by atoms with Crippen LogP contribution in [0.15, 0.2) is 22.7 Å². The second-order valence-corrected chi connectivity index (χ2v) is 5.72. The fraction of sp³-hybridized carbons (Fsp3) is 0.538. The summed E-state index contributed by atoms with van der Waals surface area (Å²) in [6.45, 7) is 6.55. The van der Waals surface area contributed by atoms with Gasteiger partial charge in [-0.1, -0.05) is 22.0 Å². The molecule has 88 valence electrons. The number of hydrogen-bond acceptors (Lipinski definition) is 2. The van der Waals surface area contributed by atoms with Gasteiger partial charge in [-0.2, -0.15) is 0 Å². The third-order valence-corrected chi connectivity index (χ3v) is 4.05. The first kappa shape index (κ1) is 11.9. The topological polar surface area (TPSA) is 29.3 Å². The highest BCUT2D eigenvalue weighted by atomic mass is 79.9. The molecular formula is C13H19BrN2. The molecule has 2 atom stereocenters. The average molecular weight is 283 g/mol. The first-order valence-corrected chi connectivity index (χ1v) is 6.63. The van der Waals surface area contributed by atoms with Crippen LogP contribution in [0, 0.1) is 0 Å². The molecule has 2 rings (SSSR count). The summed E-state index contributed by atoms with van der Waals surface area (Å²) in [7, 11) is 0. The minimum Gasteiger partial charge on any atom is -0.364 e. The molecule has 0 saturated heterocycles. The van der Waals surface area contributed by atoms with Crippen molar-refractivity contribution in [2.75, 3.05) is 4.90 Å². The average Bonchev–Trinajstić information content (AvgIpc) is 2.58. The van der Waals surface area contributed by atoms with Crippen molar-refractivity contribution in [2.24, 2.45) is 5.73 Å². The van der Waals surface area contributed by atoms with Gasteiger partial charge in [-0.25, -0.2) is 0 Å². The number of anilines is 1. The fourth-order valence-electron chi connectivity index (χ4n) is 2.58. The molecule has 0 radical (unpaired) electrons. The maximum absolute atomic E-state index is 6.10. The van der Waals surface area contributed by atoms with Crippen molar-refractivity contribution in [3.63, 3.8) is 0 Å². The lowest BCUT2D eigenvalue weighted by atomic mass is 10.0. The summed E-state index contributed by atoms with van der Waals surface area (Å²) in [5.41, 5.74) is 8.84. The van der Waals surface area contributed by atoms with E-state index in [2.05, 4.69) is 59.8 Å². The number of benzene rings is 1. The van der Waals surface area contributed by atoms with Gasteiger partial charge >= 0.3 is 0 Å². The van der Waals surface area contributed by atoms with Crippen molar-refractivity contribution in [1.82, 2.24) is 0 Å². The molecule has 0 fully saturated rings. The molecule has 1 aromatic rings. The minimum absolute atomic E-state index is 0.196. The van der Waals surface area contributed by atoms with Crippen molar-refractivity contribution in [1.29, 1.82) is 0 Å². The van der Waals surface area contributed by atoms with E-state index in [1.807, 2.05) is 0 Å². The summed E-state index contributed by atoms with van der Waals surface area (Å²) < 4.78 is 1.21. The van der Waals surface area contributed by atoms with Gasteiger partial charge in [0.05, 0.1) is 0 Å². The second-order valence-electron chi connectivity index (χ2n) is 4.87. The predicted molar refractivity (Wildman–Crippen MR) is 72.9 cm³/mol. The van der Waals surface area contributed by atoms with Crippen LogP contribution in [0.1, 0.15) is 26.3 Å². The summed E-state index contributed by atoms with van der Waals surface area (Å²) in [6, 6.07) is 7.52. The Hall–Kier alpha value is -0.540. The van der Waals surface area contributed by atoms with Crippen molar-refractivity contribution < 1.29 is 0 Å². The molecule has 1 aliphatic rings. The highest BCUT2D eigenvalue weighted by Gasteiger charge is 2.34. The molecule has 0 spiro atoms. The van der Waals surface area contributed by atoms with Gasteiger partial charge < -0.3 is 10.6 Å². The number of fused-ring (bicyclic) bond motifs is 1. The fourth-order valence-corrected chi connectivity index (χ4v) is 3.10. The third-order valence-electron chi connectivity index (χ3n) is 3.31. The Morgan fingerprint density at radius 1 is 1.38 bits per heavy atom. The number of nitrogens with two attached hydrogens (primary N) is 1. The van der Waals surface area contributed by atoms with Crippen LogP contribution in [0.25, 0.3) is 0 Å². The van der Waals surface area contributed by atoms with Crippen molar-refractivity contribution in [3.8, 4) is 0 Å². The van der Waals surface area contributed by atoms with Crippen LogP contribution in [0.3, 0.4) is 0 Å². The van der Waals surface area contributed by atoms with Gasteiger partial charge in [0, 0.05) is 28.3 Å². The van der Waals surface area contributed by atoms with Crippen LogP contribution in [-0.4, -0.2) is 18.1 Å². The molecule has 0 amide bonds. The van der Waals surface area contributed by atoms with Gasteiger partial charge in [0.25, 0.3) is 0 Å². The molecule has 1 heterocycles. The van der Waals surface area contributed by atoms with E-state index in [-0.39, 0.29) is 6.04 Å². The Labute approximate surface area is 106 Å². The van der Waals surface area contributed by atoms with Crippen LogP contribution in [0.2, 0.25) is 0 Å². The van der Waals surface area contributed by atoms with Gasteiger partial charge in [-0.15, -0.1) is 0 Å². The molecule has 2 N–H and O–H groups in total. The first-order chi connectivity index (χ1) is 7.52. The third kappa shape index (κ3) is 1.87.